The molecule has 1 unspecified atom stereocenters. The molecule has 4 nitrogen and oxygen atoms in total. The van der Waals surface area contributed by atoms with Crippen LogP contribution in [0.5, 0.6) is 17.2 Å². The monoisotopic (exact) mass is 281 g/mol. The number of rotatable bonds is 8. The van der Waals surface area contributed by atoms with Crippen LogP contribution >= 0.6 is 0 Å². The largest absolute Gasteiger partial charge is 0.496 e. The molecule has 1 rings (SSSR count). The Hall–Kier alpha value is -1.42. The van der Waals surface area contributed by atoms with Gasteiger partial charge < -0.3 is 19.9 Å². The Labute approximate surface area is 122 Å². The molecule has 0 bridgehead atoms. The topological polar surface area (TPSA) is 53.7 Å². The average molecular weight is 281 g/mol. The van der Waals surface area contributed by atoms with Gasteiger partial charge in [-0.15, -0.1) is 0 Å². The zero-order chi connectivity index (χ0) is 15.1. The van der Waals surface area contributed by atoms with E-state index in [-0.39, 0.29) is 6.04 Å². The second-order valence-electron chi connectivity index (χ2n) is 5.38. The molecular formula is C16H27NO3. The molecule has 114 valence electrons. The normalized spacial score (nSPS) is 12.3. The first kappa shape index (κ1) is 16.6. The summed E-state index contributed by atoms with van der Waals surface area (Å²) in [6.45, 7) is 4.45. The number of ether oxygens (including phenoxy) is 3. The summed E-state index contributed by atoms with van der Waals surface area (Å²) in [5.41, 5.74) is 7.26. The van der Waals surface area contributed by atoms with E-state index in [1.807, 2.05) is 12.1 Å². The van der Waals surface area contributed by atoms with Crippen molar-refractivity contribution in [2.45, 2.75) is 39.2 Å². The molecule has 1 aromatic rings. The molecule has 0 aromatic heterocycles. The maximum atomic E-state index is 6.30. The van der Waals surface area contributed by atoms with Crippen LogP contribution in [-0.2, 0) is 0 Å². The summed E-state index contributed by atoms with van der Waals surface area (Å²) in [5, 5.41) is 0. The summed E-state index contributed by atoms with van der Waals surface area (Å²) < 4.78 is 16.0. The molecule has 2 N–H and O–H groups in total. The molecule has 4 heteroatoms. The van der Waals surface area contributed by atoms with E-state index in [1.165, 1.54) is 6.42 Å². The number of hydrogen-bond donors (Lipinski definition) is 1. The fourth-order valence-corrected chi connectivity index (χ4v) is 2.24. The molecule has 0 aliphatic heterocycles. The van der Waals surface area contributed by atoms with E-state index in [4.69, 9.17) is 19.9 Å². The third kappa shape index (κ3) is 4.30. The Kier molecular flexibility index (Phi) is 6.65. The van der Waals surface area contributed by atoms with E-state index < -0.39 is 0 Å². The molecule has 0 radical (unpaired) electrons. The van der Waals surface area contributed by atoms with Gasteiger partial charge >= 0.3 is 0 Å². The second-order valence-corrected chi connectivity index (χ2v) is 5.38. The minimum absolute atomic E-state index is 0.0523. The van der Waals surface area contributed by atoms with Gasteiger partial charge in [0.1, 0.15) is 5.75 Å². The Bertz CT molecular complexity index is 418. The van der Waals surface area contributed by atoms with Crippen LogP contribution in [-0.4, -0.2) is 21.3 Å². The lowest BCUT2D eigenvalue weighted by Gasteiger charge is -2.19. The Morgan fingerprint density at radius 3 is 1.95 bits per heavy atom. The fourth-order valence-electron chi connectivity index (χ4n) is 2.24. The predicted molar refractivity (Wildman–Crippen MR) is 81.7 cm³/mol. The SMILES string of the molecule is COc1cc(OC)c(C(N)CCCC(C)C)cc1OC. The van der Waals surface area contributed by atoms with Crippen molar-refractivity contribution in [1.29, 1.82) is 0 Å². The Morgan fingerprint density at radius 2 is 1.45 bits per heavy atom. The Balaban J connectivity index is 2.91. The van der Waals surface area contributed by atoms with Gasteiger partial charge in [0.05, 0.1) is 21.3 Å². The lowest BCUT2D eigenvalue weighted by molar-refractivity contribution is 0.345. The zero-order valence-corrected chi connectivity index (χ0v) is 13.2. The van der Waals surface area contributed by atoms with Crippen LogP contribution in [0.25, 0.3) is 0 Å². The molecule has 0 saturated carbocycles. The van der Waals surface area contributed by atoms with Gasteiger partial charge in [-0.2, -0.15) is 0 Å². The minimum atomic E-state index is -0.0523. The zero-order valence-electron chi connectivity index (χ0n) is 13.2. The average Bonchev–Trinajstić information content (AvgIpc) is 2.45. The van der Waals surface area contributed by atoms with E-state index in [0.29, 0.717) is 17.4 Å². The molecule has 0 spiro atoms. The highest BCUT2D eigenvalue weighted by Gasteiger charge is 2.17. The standard InChI is InChI=1S/C16H27NO3/c1-11(2)7-6-8-13(17)12-9-15(19-4)16(20-5)10-14(12)18-3/h9-11,13H,6-8,17H2,1-5H3. The number of nitrogens with two attached hydrogens (primary N) is 1. The van der Waals surface area contributed by atoms with Gasteiger partial charge in [0, 0.05) is 17.7 Å². The third-order valence-corrected chi connectivity index (χ3v) is 3.43. The van der Waals surface area contributed by atoms with Gasteiger partial charge in [-0.3, -0.25) is 0 Å². The first-order valence-corrected chi connectivity index (χ1v) is 7.09. The van der Waals surface area contributed by atoms with Crippen LogP contribution in [0.15, 0.2) is 12.1 Å². The summed E-state index contributed by atoms with van der Waals surface area (Å²) in [5.74, 6) is 2.79. The molecule has 0 amide bonds. The number of benzene rings is 1. The predicted octanol–water partition coefficient (Wildman–Crippen LogP) is 3.54. The summed E-state index contributed by atoms with van der Waals surface area (Å²) in [6.07, 6.45) is 3.23. The van der Waals surface area contributed by atoms with Gasteiger partial charge in [0.25, 0.3) is 0 Å². The molecule has 0 heterocycles. The highest BCUT2D eigenvalue weighted by atomic mass is 16.5. The van der Waals surface area contributed by atoms with E-state index in [1.54, 1.807) is 21.3 Å². The van der Waals surface area contributed by atoms with Crippen molar-refractivity contribution in [3.8, 4) is 17.2 Å². The molecular weight excluding hydrogens is 254 g/mol. The van der Waals surface area contributed by atoms with Crippen molar-refractivity contribution < 1.29 is 14.2 Å². The molecule has 0 fully saturated rings. The van der Waals surface area contributed by atoms with Crippen LogP contribution in [0.1, 0.15) is 44.7 Å². The Morgan fingerprint density at radius 1 is 0.900 bits per heavy atom. The molecule has 0 aliphatic rings. The third-order valence-electron chi connectivity index (χ3n) is 3.43. The smallest absolute Gasteiger partial charge is 0.164 e. The molecule has 0 saturated heterocycles. The van der Waals surface area contributed by atoms with E-state index in [2.05, 4.69) is 13.8 Å². The van der Waals surface area contributed by atoms with Gasteiger partial charge in [-0.1, -0.05) is 26.7 Å². The first-order valence-electron chi connectivity index (χ1n) is 7.09. The van der Waals surface area contributed by atoms with Crippen molar-refractivity contribution in [3.05, 3.63) is 17.7 Å². The van der Waals surface area contributed by atoms with Crippen molar-refractivity contribution in [2.24, 2.45) is 11.7 Å². The van der Waals surface area contributed by atoms with Crippen LogP contribution in [0.2, 0.25) is 0 Å². The van der Waals surface area contributed by atoms with Crippen LogP contribution in [0, 0.1) is 5.92 Å². The summed E-state index contributed by atoms with van der Waals surface area (Å²) >= 11 is 0. The highest BCUT2D eigenvalue weighted by molar-refractivity contribution is 5.51. The van der Waals surface area contributed by atoms with Gasteiger partial charge in [-0.05, 0) is 18.4 Å². The summed E-state index contributed by atoms with van der Waals surface area (Å²) in [4.78, 5) is 0. The van der Waals surface area contributed by atoms with Gasteiger partial charge in [-0.25, -0.2) is 0 Å². The molecule has 0 aliphatic carbocycles. The van der Waals surface area contributed by atoms with Crippen molar-refractivity contribution in [2.75, 3.05) is 21.3 Å². The van der Waals surface area contributed by atoms with Gasteiger partial charge in [0.2, 0.25) is 0 Å². The number of hydrogen-bond acceptors (Lipinski definition) is 4. The highest BCUT2D eigenvalue weighted by Crippen LogP contribution is 2.38. The van der Waals surface area contributed by atoms with Crippen LogP contribution in [0.4, 0.5) is 0 Å². The lowest BCUT2D eigenvalue weighted by Crippen LogP contribution is -2.12. The van der Waals surface area contributed by atoms with Gasteiger partial charge in [0.15, 0.2) is 11.5 Å². The molecule has 1 atom stereocenters. The fraction of sp³-hybridized carbons (Fsp3) is 0.625. The maximum Gasteiger partial charge on any atom is 0.164 e. The minimum Gasteiger partial charge on any atom is -0.496 e. The van der Waals surface area contributed by atoms with E-state index in [0.717, 1.165) is 24.2 Å². The summed E-state index contributed by atoms with van der Waals surface area (Å²) in [7, 11) is 4.88. The van der Waals surface area contributed by atoms with E-state index >= 15 is 0 Å². The quantitative estimate of drug-likeness (QED) is 0.792. The lowest BCUT2D eigenvalue weighted by atomic mass is 9.97. The van der Waals surface area contributed by atoms with Crippen molar-refractivity contribution >= 4 is 0 Å². The van der Waals surface area contributed by atoms with E-state index in [9.17, 15) is 0 Å². The second kappa shape index (κ2) is 8.00. The molecule has 1 aromatic carbocycles. The maximum absolute atomic E-state index is 6.30. The van der Waals surface area contributed by atoms with Crippen molar-refractivity contribution in [3.63, 3.8) is 0 Å². The van der Waals surface area contributed by atoms with Crippen LogP contribution < -0.4 is 19.9 Å². The summed E-state index contributed by atoms with van der Waals surface area (Å²) in [6, 6.07) is 3.69. The van der Waals surface area contributed by atoms with Crippen LogP contribution in [0.3, 0.4) is 0 Å². The molecule has 20 heavy (non-hydrogen) atoms. The first-order chi connectivity index (χ1) is 9.53. The number of methoxy groups -OCH3 is 3. The van der Waals surface area contributed by atoms with Crippen molar-refractivity contribution in [1.82, 2.24) is 0 Å².